The second-order valence-corrected chi connectivity index (χ2v) is 5.04. The van der Waals surface area contributed by atoms with Gasteiger partial charge in [-0.05, 0) is 18.9 Å². The Labute approximate surface area is 122 Å². The molecule has 0 aliphatic rings. The topological polar surface area (TPSA) is 92.9 Å². The van der Waals surface area contributed by atoms with E-state index in [0.717, 1.165) is 12.0 Å². The predicted molar refractivity (Wildman–Crippen MR) is 84.7 cm³/mol. The molecule has 0 saturated carbocycles. The molecular weight excluding hydrogens is 268 g/mol. The van der Waals surface area contributed by atoms with Gasteiger partial charge < -0.3 is 11.1 Å². The van der Waals surface area contributed by atoms with Crippen LogP contribution in [-0.4, -0.2) is 15.6 Å². The highest BCUT2D eigenvalue weighted by Crippen LogP contribution is 2.14. The van der Waals surface area contributed by atoms with E-state index < -0.39 is 11.2 Å². The molecule has 0 spiro atoms. The van der Waals surface area contributed by atoms with E-state index in [1.165, 1.54) is 4.57 Å². The number of aromatic amines is 1. The fourth-order valence-electron chi connectivity index (χ4n) is 2.00. The zero-order valence-corrected chi connectivity index (χ0v) is 12.2. The third kappa shape index (κ3) is 3.34. The fourth-order valence-corrected chi connectivity index (χ4v) is 2.00. The highest BCUT2D eigenvalue weighted by atomic mass is 16.2. The van der Waals surface area contributed by atoms with Gasteiger partial charge in [-0.25, -0.2) is 4.79 Å². The van der Waals surface area contributed by atoms with E-state index in [2.05, 4.69) is 10.3 Å². The maximum Gasteiger partial charge on any atom is 0.330 e. The van der Waals surface area contributed by atoms with Crippen LogP contribution in [0.4, 0.5) is 11.5 Å². The summed E-state index contributed by atoms with van der Waals surface area (Å²) in [6, 6.07) is 9.58. The Kier molecular flexibility index (Phi) is 4.47. The number of hydrogen-bond acceptors (Lipinski definition) is 4. The summed E-state index contributed by atoms with van der Waals surface area (Å²) in [4.78, 5) is 26.2. The van der Waals surface area contributed by atoms with Crippen molar-refractivity contribution < 1.29 is 0 Å². The number of aromatic nitrogens is 2. The van der Waals surface area contributed by atoms with Gasteiger partial charge in [0, 0.05) is 6.04 Å². The number of nitrogens with one attached hydrogen (secondary N) is 2. The van der Waals surface area contributed by atoms with Crippen LogP contribution in [0.15, 0.2) is 39.9 Å². The second-order valence-electron chi connectivity index (χ2n) is 5.04. The van der Waals surface area contributed by atoms with E-state index >= 15 is 0 Å². The molecule has 0 aliphatic heterocycles. The molecular formula is C15H20N4O2. The Balaban J connectivity index is 2.44. The number of nitrogens with two attached hydrogens (primary N) is 1. The molecule has 0 radical (unpaired) electrons. The minimum Gasteiger partial charge on any atom is -0.383 e. The van der Waals surface area contributed by atoms with Crippen molar-refractivity contribution in [2.24, 2.45) is 0 Å². The van der Waals surface area contributed by atoms with Gasteiger partial charge in [-0.2, -0.15) is 0 Å². The first kappa shape index (κ1) is 14.9. The molecule has 21 heavy (non-hydrogen) atoms. The lowest BCUT2D eigenvalue weighted by molar-refractivity contribution is 0.720. The number of hydrogen-bond donors (Lipinski definition) is 3. The van der Waals surface area contributed by atoms with Crippen LogP contribution in [-0.2, 0) is 6.54 Å². The van der Waals surface area contributed by atoms with Crippen LogP contribution in [0.25, 0.3) is 0 Å². The summed E-state index contributed by atoms with van der Waals surface area (Å²) in [5.74, 6) is 0.160. The van der Waals surface area contributed by atoms with E-state index in [9.17, 15) is 9.59 Å². The number of rotatable bonds is 5. The Morgan fingerprint density at radius 1 is 1.29 bits per heavy atom. The van der Waals surface area contributed by atoms with Crippen molar-refractivity contribution in [3.8, 4) is 0 Å². The van der Waals surface area contributed by atoms with Gasteiger partial charge in [0.05, 0.1) is 6.54 Å². The number of nitrogens with zero attached hydrogens (tertiary/aromatic N) is 1. The third-order valence-corrected chi connectivity index (χ3v) is 3.43. The summed E-state index contributed by atoms with van der Waals surface area (Å²) >= 11 is 0. The Morgan fingerprint density at radius 3 is 2.57 bits per heavy atom. The maximum atomic E-state index is 12.0. The first-order chi connectivity index (χ1) is 10.0. The van der Waals surface area contributed by atoms with E-state index in [4.69, 9.17) is 5.73 Å². The van der Waals surface area contributed by atoms with E-state index in [1.807, 2.05) is 44.2 Å². The molecule has 6 heteroatoms. The van der Waals surface area contributed by atoms with Gasteiger partial charge >= 0.3 is 5.69 Å². The first-order valence-electron chi connectivity index (χ1n) is 6.96. The Bertz CT molecular complexity index is 719. The monoisotopic (exact) mass is 288 g/mol. The van der Waals surface area contributed by atoms with Crippen molar-refractivity contribution >= 4 is 11.5 Å². The fraction of sp³-hybridized carbons (Fsp3) is 0.333. The molecule has 6 nitrogen and oxygen atoms in total. The molecule has 0 fully saturated rings. The van der Waals surface area contributed by atoms with Crippen molar-refractivity contribution in [1.82, 2.24) is 9.55 Å². The average molecular weight is 288 g/mol. The van der Waals surface area contributed by atoms with Gasteiger partial charge in [0.1, 0.15) is 11.5 Å². The molecule has 112 valence electrons. The molecule has 1 atom stereocenters. The molecule has 2 rings (SSSR count). The van der Waals surface area contributed by atoms with Crippen molar-refractivity contribution in [2.45, 2.75) is 32.9 Å². The normalized spacial score (nSPS) is 12.1. The summed E-state index contributed by atoms with van der Waals surface area (Å²) < 4.78 is 1.36. The predicted octanol–water partition coefficient (Wildman–Crippen LogP) is 1.38. The zero-order valence-electron chi connectivity index (χ0n) is 12.2. The summed E-state index contributed by atoms with van der Waals surface area (Å²) in [5, 5.41) is 3.05. The first-order valence-corrected chi connectivity index (χ1v) is 6.96. The second kappa shape index (κ2) is 6.30. The van der Waals surface area contributed by atoms with Crippen LogP contribution in [0.3, 0.4) is 0 Å². The minimum atomic E-state index is -0.504. The van der Waals surface area contributed by atoms with Gasteiger partial charge in [0.25, 0.3) is 5.56 Å². The summed E-state index contributed by atoms with van der Waals surface area (Å²) in [5.41, 5.74) is 6.22. The van der Waals surface area contributed by atoms with Crippen LogP contribution in [0.1, 0.15) is 25.8 Å². The highest BCUT2D eigenvalue weighted by Gasteiger charge is 2.13. The molecule has 4 N–H and O–H groups in total. The SMILES string of the molecule is CCC(C)Nc1c(N)n(Cc2ccccc2)c(=O)[nH]c1=O. The molecule has 1 unspecified atom stereocenters. The van der Waals surface area contributed by atoms with Crippen LogP contribution in [0.2, 0.25) is 0 Å². The number of anilines is 2. The summed E-state index contributed by atoms with van der Waals surface area (Å²) in [6.07, 6.45) is 0.844. The van der Waals surface area contributed by atoms with Gasteiger partial charge in [0.2, 0.25) is 0 Å². The maximum absolute atomic E-state index is 12.0. The summed E-state index contributed by atoms with van der Waals surface area (Å²) in [6.45, 7) is 4.27. The van der Waals surface area contributed by atoms with E-state index in [1.54, 1.807) is 0 Å². The third-order valence-electron chi connectivity index (χ3n) is 3.43. The van der Waals surface area contributed by atoms with Crippen molar-refractivity contribution in [2.75, 3.05) is 11.1 Å². The average Bonchev–Trinajstić information content (AvgIpc) is 2.48. The van der Waals surface area contributed by atoms with Crippen molar-refractivity contribution in [1.29, 1.82) is 0 Å². The number of benzene rings is 1. The Hall–Kier alpha value is -2.50. The largest absolute Gasteiger partial charge is 0.383 e. The molecule has 0 bridgehead atoms. The minimum absolute atomic E-state index is 0.0936. The molecule has 1 aromatic heterocycles. The molecule has 1 aromatic carbocycles. The standard InChI is InChI=1S/C15H20N4O2/c1-3-10(2)17-12-13(16)19(15(21)18-14(12)20)9-11-7-5-4-6-8-11/h4-8,10,17H,3,9,16H2,1-2H3,(H,18,20,21). The van der Waals surface area contributed by atoms with Crippen molar-refractivity contribution in [3.63, 3.8) is 0 Å². The molecule has 0 saturated heterocycles. The Morgan fingerprint density at radius 2 is 1.95 bits per heavy atom. The van der Waals surface area contributed by atoms with Crippen LogP contribution < -0.4 is 22.3 Å². The quantitative estimate of drug-likeness (QED) is 0.775. The van der Waals surface area contributed by atoms with Crippen molar-refractivity contribution in [3.05, 3.63) is 56.7 Å². The lowest BCUT2D eigenvalue weighted by atomic mass is 10.2. The smallest absolute Gasteiger partial charge is 0.330 e. The van der Waals surface area contributed by atoms with Gasteiger partial charge in [-0.15, -0.1) is 0 Å². The molecule has 2 aromatic rings. The molecule has 1 heterocycles. The van der Waals surface area contributed by atoms with Gasteiger partial charge in [-0.1, -0.05) is 37.3 Å². The number of H-pyrrole nitrogens is 1. The van der Waals surface area contributed by atoms with Gasteiger partial charge in [0.15, 0.2) is 0 Å². The number of nitrogen functional groups attached to an aromatic ring is 1. The van der Waals surface area contributed by atoms with Crippen LogP contribution in [0.5, 0.6) is 0 Å². The van der Waals surface area contributed by atoms with E-state index in [0.29, 0.717) is 6.54 Å². The van der Waals surface area contributed by atoms with Gasteiger partial charge in [-0.3, -0.25) is 14.3 Å². The molecule has 0 amide bonds. The highest BCUT2D eigenvalue weighted by molar-refractivity contribution is 5.61. The van der Waals surface area contributed by atoms with E-state index in [-0.39, 0.29) is 17.5 Å². The lowest BCUT2D eigenvalue weighted by Gasteiger charge is -2.17. The summed E-state index contributed by atoms with van der Waals surface area (Å²) in [7, 11) is 0. The lowest BCUT2D eigenvalue weighted by Crippen LogP contribution is -2.35. The van der Waals surface area contributed by atoms with Crippen LogP contribution in [0, 0.1) is 0 Å². The zero-order chi connectivity index (χ0) is 15.4. The van der Waals surface area contributed by atoms with Crippen LogP contribution >= 0.6 is 0 Å². The molecule has 0 aliphatic carbocycles.